The van der Waals surface area contributed by atoms with Gasteiger partial charge in [0.15, 0.2) is 5.58 Å². The summed E-state index contributed by atoms with van der Waals surface area (Å²) in [7, 11) is 1.66. The van der Waals surface area contributed by atoms with Crippen LogP contribution in [0.15, 0.2) is 22.6 Å². The van der Waals surface area contributed by atoms with Gasteiger partial charge in [0.2, 0.25) is 5.89 Å². The average Bonchev–Trinajstić information content (AvgIpc) is 2.71. The van der Waals surface area contributed by atoms with Crippen molar-refractivity contribution >= 4 is 16.8 Å². The number of hydrogen-bond donors (Lipinski definition) is 1. The fourth-order valence-electron chi connectivity index (χ4n) is 1.55. The molecule has 0 spiro atoms. The monoisotopic (exact) mass is 220 g/mol. The first-order chi connectivity index (χ1) is 7.59. The second-order valence-corrected chi connectivity index (χ2v) is 4.03. The van der Waals surface area contributed by atoms with Crippen LogP contribution in [0.2, 0.25) is 0 Å². The van der Waals surface area contributed by atoms with Gasteiger partial charge in [-0.1, -0.05) is 6.92 Å². The Morgan fingerprint density at radius 3 is 2.88 bits per heavy atom. The molecule has 1 aromatic carbocycles. The maximum Gasteiger partial charge on any atom is 0.227 e. The highest BCUT2D eigenvalue weighted by atomic mass is 16.5. The molecule has 0 saturated heterocycles. The molecule has 2 aromatic rings. The van der Waals surface area contributed by atoms with Crippen molar-refractivity contribution in [3.63, 3.8) is 0 Å². The van der Waals surface area contributed by atoms with Gasteiger partial charge in [-0.3, -0.25) is 0 Å². The summed E-state index contributed by atoms with van der Waals surface area (Å²) in [5, 5.41) is 0. The van der Waals surface area contributed by atoms with Crippen LogP contribution < -0.4 is 5.73 Å². The molecule has 4 nitrogen and oxygen atoms in total. The summed E-state index contributed by atoms with van der Waals surface area (Å²) in [5.74, 6) is 0.595. The highest BCUT2D eigenvalue weighted by Crippen LogP contribution is 2.30. The van der Waals surface area contributed by atoms with E-state index < -0.39 is 5.60 Å². The van der Waals surface area contributed by atoms with E-state index in [9.17, 15) is 0 Å². The van der Waals surface area contributed by atoms with E-state index >= 15 is 0 Å². The van der Waals surface area contributed by atoms with Crippen molar-refractivity contribution in [1.82, 2.24) is 4.98 Å². The zero-order valence-electron chi connectivity index (χ0n) is 9.78. The van der Waals surface area contributed by atoms with Crippen molar-refractivity contribution in [2.24, 2.45) is 0 Å². The lowest BCUT2D eigenvalue weighted by molar-refractivity contribution is -0.0222. The number of hydrogen-bond acceptors (Lipinski definition) is 4. The third-order valence-electron chi connectivity index (χ3n) is 2.99. The molecule has 2 N–H and O–H groups in total. The fourth-order valence-corrected chi connectivity index (χ4v) is 1.55. The van der Waals surface area contributed by atoms with Gasteiger partial charge in [-0.25, -0.2) is 4.98 Å². The molecule has 0 aliphatic carbocycles. The number of benzene rings is 1. The maximum absolute atomic E-state index is 5.69. The number of methoxy groups -OCH3 is 1. The largest absolute Gasteiger partial charge is 0.438 e. The van der Waals surface area contributed by atoms with Gasteiger partial charge in [0.25, 0.3) is 0 Å². The minimum Gasteiger partial charge on any atom is -0.438 e. The van der Waals surface area contributed by atoms with Crippen molar-refractivity contribution < 1.29 is 9.15 Å². The highest BCUT2D eigenvalue weighted by molar-refractivity contribution is 5.76. The van der Waals surface area contributed by atoms with E-state index in [1.54, 1.807) is 19.2 Å². The van der Waals surface area contributed by atoms with Crippen molar-refractivity contribution in [1.29, 1.82) is 0 Å². The Morgan fingerprint density at radius 2 is 2.25 bits per heavy atom. The number of nitrogens with two attached hydrogens (primary N) is 1. The average molecular weight is 220 g/mol. The summed E-state index contributed by atoms with van der Waals surface area (Å²) < 4.78 is 11.1. The number of aromatic nitrogens is 1. The molecule has 1 aromatic heterocycles. The number of oxazole rings is 1. The van der Waals surface area contributed by atoms with Crippen molar-refractivity contribution in [3.05, 3.63) is 24.1 Å². The van der Waals surface area contributed by atoms with Gasteiger partial charge < -0.3 is 14.9 Å². The molecule has 0 fully saturated rings. The van der Waals surface area contributed by atoms with E-state index in [-0.39, 0.29) is 0 Å². The molecule has 1 unspecified atom stereocenters. The van der Waals surface area contributed by atoms with Gasteiger partial charge >= 0.3 is 0 Å². The Morgan fingerprint density at radius 1 is 1.50 bits per heavy atom. The van der Waals surface area contributed by atoms with Gasteiger partial charge in [0.05, 0.1) is 0 Å². The van der Waals surface area contributed by atoms with Crippen LogP contribution in [0.4, 0.5) is 5.69 Å². The Hall–Kier alpha value is -1.55. The van der Waals surface area contributed by atoms with Crippen LogP contribution in [0.3, 0.4) is 0 Å². The van der Waals surface area contributed by atoms with E-state index in [1.807, 2.05) is 19.9 Å². The number of rotatable bonds is 3. The Balaban J connectivity index is 2.54. The van der Waals surface area contributed by atoms with Gasteiger partial charge in [-0.05, 0) is 31.5 Å². The third kappa shape index (κ3) is 1.65. The smallest absolute Gasteiger partial charge is 0.227 e. The maximum atomic E-state index is 5.69. The molecule has 1 heterocycles. The molecular weight excluding hydrogens is 204 g/mol. The molecule has 86 valence electrons. The van der Waals surface area contributed by atoms with Gasteiger partial charge in [0.1, 0.15) is 11.1 Å². The van der Waals surface area contributed by atoms with Crippen LogP contribution in [-0.2, 0) is 10.3 Å². The predicted molar refractivity (Wildman–Crippen MR) is 63.1 cm³/mol. The molecule has 4 heteroatoms. The zero-order valence-corrected chi connectivity index (χ0v) is 9.78. The summed E-state index contributed by atoms with van der Waals surface area (Å²) in [5.41, 5.74) is 7.41. The van der Waals surface area contributed by atoms with Crippen molar-refractivity contribution in [2.75, 3.05) is 12.8 Å². The first-order valence-electron chi connectivity index (χ1n) is 5.31. The summed E-state index contributed by atoms with van der Waals surface area (Å²) in [6, 6.07) is 5.42. The lowest BCUT2D eigenvalue weighted by Gasteiger charge is -2.22. The van der Waals surface area contributed by atoms with Crippen LogP contribution in [0.5, 0.6) is 0 Å². The van der Waals surface area contributed by atoms with Gasteiger partial charge in [-0.15, -0.1) is 0 Å². The van der Waals surface area contributed by atoms with E-state index in [2.05, 4.69) is 4.98 Å². The Bertz CT molecular complexity index is 501. The molecule has 0 amide bonds. The Labute approximate surface area is 94.4 Å². The number of anilines is 1. The standard InChI is InChI=1S/C12H16N2O2/c1-4-12(2,15-3)11-14-9-7-8(13)5-6-10(9)16-11/h5-7H,4,13H2,1-3H3. The van der Waals surface area contributed by atoms with Crippen LogP contribution in [0, 0.1) is 0 Å². The molecule has 0 radical (unpaired) electrons. The second-order valence-electron chi connectivity index (χ2n) is 4.03. The first kappa shape index (κ1) is 11.0. The summed E-state index contributed by atoms with van der Waals surface area (Å²) in [6.07, 6.45) is 0.797. The minimum atomic E-state index is -0.478. The number of ether oxygens (including phenoxy) is 1. The predicted octanol–water partition coefficient (Wildman–Crippen LogP) is 2.68. The molecule has 2 rings (SSSR count). The van der Waals surface area contributed by atoms with Gasteiger partial charge in [-0.2, -0.15) is 0 Å². The first-order valence-corrected chi connectivity index (χ1v) is 5.31. The molecular formula is C12H16N2O2. The Kier molecular flexibility index (Phi) is 2.59. The lowest BCUT2D eigenvalue weighted by Crippen LogP contribution is -2.23. The normalized spacial score (nSPS) is 15.2. The molecule has 0 bridgehead atoms. The molecule has 1 atom stereocenters. The number of nitrogen functional groups attached to an aromatic ring is 1. The molecule has 0 aliphatic heterocycles. The number of fused-ring (bicyclic) bond motifs is 1. The van der Waals surface area contributed by atoms with Crippen molar-refractivity contribution in [2.45, 2.75) is 25.9 Å². The lowest BCUT2D eigenvalue weighted by atomic mass is 10.0. The van der Waals surface area contributed by atoms with Crippen LogP contribution in [0.1, 0.15) is 26.2 Å². The van der Waals surface area contributed by atoms with Crippen LogP contribution >= 0.6 is 0 Å². The molecule has 0 saturated carbocycles. The zero-order chi connectivity index (χ0) is 11.8. The summed E-state index contributed by atoms with van der Waals surface area (Å²) >= 11 is 0. The van der Waals surface area contributed by atoms with Crippen LogP contribution in [0.25, 0.3) is 11.1 Å². The third-order valence-corrected chi connectivity index (χ3v) is 2.99. The minimum absolute atomic E-state index is 0.478. The quantitative estimate of drug-likeness (QED) is 0.808. The molecule has 16 heavy (non-hydrogen) atoms. The van der Waals surface area contributed by atoms with Crippen LogP contribution in [-0.4, -0.2) is 12.1 Å². The number of nitrogens with zero attached hydrogens (tertiary/aromatic N) is 1. The summed E-state index contributed by atoms with van der Waals surface area (Å²) in [4.78, 5) is 4.42. The van der Waals surface area contributed by atoms with E-state index in [4.69, 9.17) is 14.9 Å². The SMILES string of the molecule is CCC(C)(OC)c1nc2cc(N)ccc2o1. The van der Waals surface area contributed by atoms with E-state index in [0.29, 0.717) is 11.6 Å². The molecule has 0 aliphatic rings. The topological polar surface area (TPSA) is 61.3 Å². The fraction of sp³-hybridized carbons (Fsp3) is 0.417. The van der Waals surface area contributed by atoms with E-state index in [1.165, 1.54) is 0 Å². The van der Waals surface area contributed by atoms with Crippen molar-refractivity contribution in [3.8, 4) is 0 Å². The highest BCUT2D eigenvalue weighted by Gasteiger charge is 2.30. The van der Waals surface area contributed by atoms with E-state index in [0.717, 1.165) is 17.5 Å². The van der Waals surface area contributed by atoms with Gasteiger partial charge in [0, 0.05) is 12.8 Å². The second kappa shape index (κ2) is 3.79. The summed E-state index contributed by atoms with van der Waals surface area (Å²) in [6.45, 7) is 3.99.